The zero-order chi connectivity index (χ0) is 19.1. The number of carbonyl (C=O) groups is 3. The number of anilines is 1. The summed E-state index contributed by atoms with van der Waals surface area (Å²) in [5.41, 5.74) is 4.01. The number of para-hydroxylation sites is 1. The minimum Gasteiger partial charge on any atom is -0.345 e. The molecule has 3 amide bonds. The van der Waals surface area contributed by atoms with E-state index in [-0.39, 0.29) is 24.9 Å². The first-order valence-corrected chi connectivity index (χ1v) is 8.35. The Kier molecular flexibility index (Phi) is 6.49. The van der Waals surface area contributed by atoms with E-state index in [0.29, 0.717) is 5.56 Å². The maximum atomic E-state index is 12.1. The molecular weight excluding hydrogens is 330 g/mol. The van der Waals surface area contributed by atoms with Crippen LogP contribution in [0, 0.1) is 20.8 Å². The van der Waals surface area contributed by atoms with Crippen LogP contribution in [0.3, 0.4) is 0 Å². The third-order valence-corrected chi connectivity index (χ3v) is 3.99. The van der Waals surface area contributed by atoms with Gasteiger partial charge >= 0.3 is 0 Å². The van der Waals surface area contributed by atoms with Crippen molar-refractivity contribution in [1.29, 1.82) is 0 Å². The van der Waals surface area contributed by atoms with E-state index in [1.165, 1.54) is 0 Å². The first kappa shape index (κ1) is 19.2. The van der Waals surface area contributed by atoms with Gasteiger partial charge in [0.25, 0.3) is 5.91 Å². The van der Waals surface area contributed by atoms with Gasteiger partial charge in [-0.15, -0.1) is 0 Å². The van der Waals surface area contributed by atoms with Crippen LogP contribution < -0.4 is 16.0 Å². The van der Waals surface area contributed by atoms with Gasteiger partial charge in [-0.25, -0.2) is 0 Å². The van der Waals surface area contributed by atoms with Crippen molar-refractivity contribution in [2.24, 2.45) is 0 Å². The summed E-state index contributed by atoms with van der Waals surface area (Å²) in [4.78, 5) is 35.9. The summed E-state index contributed by atoms with van der Waals surface area (Å²) < 4.78 is 0. The fourth-order valence-corrected chi connectivity index (χ4v) is 2.52. The van der Waals surface area contributed by atoms with Gasteiger partial charge in [0.15, 0.2) is 0 Å². The van der Waals surface area contributed by atoms with Crippen molar-refractivity contribution in [3.63, 3.8) is 0 Å². The van der Waals surface area contributed by atoms with E-state index < -0.39 is 5.91 Å². The number of hydrogen-bond acceptors (Lipinski definition) is 3. The number of benzene rings is 2. The molecule has 0 radical (unpaired) electrons. The predicted molar refractivity (Wildman–Crippen MR) is 101 cm³/mol. The molecule has 0 aliphatic rings. The average Bonchev–Trinajstić information content (AvgIpc) is 2.61. The van der Waals surface area contributed by atoms with Gasteiger partial charge < -0.3 is 16.0 Å². The molecule has 0 aliphatic heterocycles. The fourth-order valence-electron chi connectivity index (χ4n) is 2.52. The third-order valence-electron chi connectivity index (χ3n) is 3.99. The number of aryl methyl sites for hydroxylation is 3. The molecule has 26 heavy (non-hydrogen) atoms. The maximum Gasteiger partial charge on any atom is 0.251 e. The lowest BCUT2D eigenvalue weighted by molar-refractivity contribution is -0.123. The molecule has 0 atom stereocenters. The van der Waals surface area contributed by atoms with Gasteiger partial charge in [-0.3, -0.25) is 14.4 Å². The second-order valence-electron chi connectivity index (χ2n) is 6.09. The molecule has 0 bridgehead atoms. The Morgan fingerprint density at radius 3 is 1.96 bits per heavy atom. The SMILES string of the molecule is Cc1ccccc1C(=O)NCC(=O)NCC(=O)Nc1c(C)cccc1C. The van der Waals surface area contributed by atoms with Gasteiger partial charge in [-0.05, 0) is 43.5 Å². The fraction of sp³-hybridized carbons (Fsp3) is 0.250. The van der Waals surface area contributed by atoms with Crippen LogP contribution in [0.1, 0.15) is 27.0 Å². The Morgan fingerprint density at radius 1 is 0.731 bits per heavy atom. The number of rotatable bonds is 6. The topological polar surface area (TPSA) is 87.3 Å². The van der Waals surface area contributed by atoms with Crippen LogP contribution in [-0.4, -0.2) is 30.8 Å². The highest BCUT2D eigenvalue weighted by Crippen LogP contribution is 2.18. The van der Waals surface area contributed by atoms with Crippen LogP contribution in [0.5, 0.6) is 0 Å². The number of amides is 3. The molecule has 2 rings (SSSR count). The summed E-state index contributed by atoms with van der Waals surface area (Å²) in [6, 6.07) is 12.9. The highest BCUT2D eigenvalue weighted by Gasteiger charge is 2.12. The summed E-state index contributed by atoms with van der Waals surface area (Å²) in [5, 5.41) is 7.84. The summed E-state index contributed by atoms with van der Waals surface area (Å²) in [6.45, 7) is 5.29. The van der Waals surface area contributed by atoms with Crippen molar-refractivity contribution < 1.29 is 14.4 Å². The molecule has 2 aromatic rings. The Labute approximate surface area is 153 Å². The van der Waals surface area contributed by atoms with Crippen molar-refractivity contribution in [3.05, 3.63) is 64.7 Å². The molecule has 0 aliphatic carbocycles. The van der Waals surface area contributed by atoms with Gasteiger partial charge in [-0.2, -0.15) is 0 Å². The molecule has 6 heteroatoms. The van der Waals surface area contributed by atoms with E-state index in [4.69, 9.17) is 0 Å². The highest BCUT2D eigenvalue weighted by atomic mass is 16.2. The van der Waals surface area contributed by atoms with Crippen LogP contribution in [0.4, 0.5) is 5.69 Å². The second-order valence-corrected chi connectivity index (χ2v) is 6.09. The summed E-state index contributed by atoms with van der Waals surface area (Å²) in [5.74, 6) is -1.07. The van der Waals surface area contributed by atoms with Crippen molar-refractivity contribution in [2.75, 3.05) is 18.4 Å². The lowest BCUT2D eigenvalue weighted by atomic mass is 10.1. The molecule has 2 aromatic carbocycles. The van der Waals surface area contributed by atoms with E-state index in [1.807, 2.05) is 51.1 Å². The third kappa shape index (κ3) is 5.17. The monoisotopic (exact) mass is 353 g/mol. The van der Waals surface area contributed by atoms with E-state index in [2.05, 4.69) is 16.0 Å². The summed E-state index contributed by atoms with van der Waals surface area (Å²) in [7, 11) is 0. The average molecular weight is 353 g/mol. The molecule has 6 nitrogen and oxygen atoms in total. The second kappa shape index (κ2) is 8.80. The van der Waals surface area contributed by atoms with Gasteiger partial charge in [0.2, 0.25) is 11.8 Å². The Balaban J connectivity index is 1.79. The molecule has 0 fully saturated rings. The Bertz CT molecular complexity index is 811. The minimum atomic E-state index is -0.427. The van der Waals surface area contributed by atoms with E-state index >= 15 is 0 Å². The van der Waals surface area contributed by atoms with E-state index in [0.717, 1.165) is 22.4 Å². The molecular formula is C20H23N3O3. The minimum absolute atomic E-state index is 0.160. The lowest BCUT2D eigenvalue weighted by Crippen LogP contribution is -2.40. The van der Waals surface area contributed by atoms with Crippen LogP contribution in [0.25, 0.3) is 0 Å². The predicted octanol–water partition coefficient (Wildman–Crippen LogP) is 2.10. The zero-order valence-electron chi connectivity index (χ0n) is 15.2. The Hall–Kier alpha value is -3.15. The zero-order valence-corrected chi connectivity index (χ0v) is 15.2. The van der Waals surface area contributed by atoms with Gasteiger partial charge in [0, 0.05) is 11.3 Å². The molecule has 0 aromatic heterocycles. The van der Waals surface area contributed by atoms with Crippen molar-refractivity contribution in [1.82, 2.24) is 10.6 Å². The maximum absolute atomic E-state index is 12.1. The largest absolute Gasteiger partial charge is 0.345 e. The summed E-state index contributed by atoms with van der Waals surface area (Å²) in [6.07, 6.45) is 0. The quantitative estimate of drug-likeness (QED) is 0.743. The van der Waals surface area contributed by atoms with Gasteiger partial charge in [0.05, 0.1) is 13.1 Å². The van der Waals surface area contributed by atoms with Gasteiger partial charge in [0.1, 0.15) is 0 Å². The Morgan fingerprint density at radius 2 is 1.31 bits per heavy atom. The van der Waals surface area contributed by atoms with Crippen LogP contribution in [-0.2, 0) is 9.59 Å². The van der Waals surface area contributed by atoms with Crippen LogP contribution >= 0.6 is 0 Å². The molecule has 0 unspecified atom stereocenters. The van der Waals surface area contributed by atoms with Gasteiger partial charge in [-0.1, -0.05) is 36.4 Å². The first-order chi connectivity index (χ1) is 12.4. The van der Waals surface area contributed by atoms with Crippen LogP contribution in [0.15, 0.2) is 42.5 Å². The molecule has 3 N–H and O–H groups in total. The van der Waals surface area contributed by atoms with Crippen molar-refractivity contribution in [3.8, 4) is 0 Å². The number of hydrogen-bond donors (Lipinski definition) is 3. The normalized spacial score (nSPS) is 10.1. The first-order valence-electron chi connectivity index (χ1n) is 8.35. The van der Waals surface area contributed by atoms with E-state index in [9.17, 15) is 14.4 Å². The molecule has 0 heterocycles. The van der Waals surface area contributed by atoms with Crippen LogP contribution in [0.2, 0.25) is 0 Å². The molecule has 0 spiro atoms. The lowest BCUT2D eigenvalue weighted by Gasteiger charge is -2.12. The highest BCUT2D eigenvalue weighted by molar-refractivity contribution is 5.99. The number of nitrogens with one attached hydrogen (secondary N) is 3. The standard InChI is InChI=1S/C20H23N3O3/c1-13-7-4-5-10-16(13)20(26)22-11-17(24)21-12-18(25)23-19-14(2)8-6-9-15(19)3/h4-10H,11-12H2,1-3H3,(H,21,24)(H,22,26)(H,23,25). The smallest absolute Gasteiger partial charge is 0.251 e. The van der Waals surface area contributed by atoms with Crippen molar-refractivity contribution >= 4 is 23.4 Å². The van der Waals surface area contributed by atoms with E-state index in [1.54, 1.807) is 12.1 Å². The number of carbonyl (C=O) groups excluding carboxylic acids is 3. The van der Waals surface area contributed by atoms with Crippen molar-refractivity contribution in [2.45, 2.75) is 20.8 Å². The molecule has 0 saturated carbocycles. The molecule has 0 saturated heterocycles. The summed E-state index contributed by atoms with van der Waals surface area (Å²) >= 11 is 0. The molecule has 136 valence electrons.